The van der Waals surface area contributed by atoms with Crippen molar-refractivity contribution in [3.63, 3.8) is 0 Å². The summed E-state index contributed by atoms with van der Waals surface area (Å²) in [5.41, 5.74) is 0. The number of carbonyl (C=O) groups is 3. The molecule has 0 saturated heterocycles. The largest absolute Gasteiger partial charge is 0.462 e. The molecule has 0 rings (SSSR count). The molecule has 0 radical (unpaired) electrons. The topological polar surface area (TPSA) is 78.9 Å². The number of carbonyl (C=O) groups excluding carboxylic acids is 3. The van der Waals surface area contributed by atoms with E-state index in [-0.39, 0.29) is 37.5 Å². The standard InChI is InChI=1S/C73H124O6/c1-4-7-10-13-16-19-22-25-27-29-30-31-32-33-34-35-36-37-38-39-40-41-42-44-45-48-51-54-57-60-63-66-72(75)78-69-70(68-77-71(74)65-62-59-56-53-50-47-24-21-18-15-12-9-6-3)79-73(76)67-64-61-58-55-52-49-46-43-28-26-23-20-17-14-11-8-5-2/h8,11-12,15,17,20-22,24-26,28-30,46,49,55,58,70H,4-7,9-10,13-14,16,18-19,23,27,31-45,47-48,50-54,56-57,59-69H2,1-3H3/b11-8-,15-12-,20-17-,24-21-,25-22-,28-26-,30-29-,49-46-,58-55-. The zero-order valence-electron chi connectivity index (χ0n) is 51.9. The first-order chi connectivity index (χ1) is 39.0. The average Bonchev–Trinajstić information content (AvgIpc) is 3.45. The summed E-state index contributed by atoms with van der Waals surface area (Å²) in [5, 5.41) is 0. The van der Waals surface area contributed by atoms with E-state index in [1.54, 1.807) is 0 Å². The van der Waals surface area contributed by atoms with Crippen LogP contribution in [0.25, 0.3) is 0 Å². The van der Waals surface area contributed by atoms with Crippen molar-refractivity contribution < 1.29 is 28.6 Å². The molecule has 0 aromatic heterocycles. The summed E-state index contributed by atoms with van der Waals surface area (Å²) in [6.45, 7) is 6.41. The van der Waals surface area contributed by atoms with Gasteiger partial charge in [0.25, 0.3) is 0 Å². The van der Waals surface area contributed by atoms with Crippen LogP contribution in [0.5, 0.6) is 0 Å². The molecule has 0 heterocycles. The fourth-order valence-corrected chi connectivity index (χ4v) is 9.25. The Morgan fingerprint density at radius 2 is 0.532 bits per heavy atom. The highest BCUT2D eigenvalue weighted by atomic mass is 16.6. The summed E-state index contributed by atoms with van der Waals surface area (Å²) in [4.78, 5) is 38.3. The molecule has 1 atom stereocenters. The Bertz CT molecular complexity index is 1590. The summed E-state index contributed by atoms with van der Waals surface area (Å²) >= 11 is 0. The average molecular weight is 1100 g/mol. The second-order valence-corrected chi connectivity index (χ2v) is 22.0. The minimum absolute atomic E-state index is 0.104. The molecule has 0 N–H and O–H groups in total. The number of allylic oxidation sites excluding steroid dienone is 18. The molecule has 0 spiro atoms. The molecule has 6 nitrogen and oxygen atoms in total. The number of ether oxygens (including phenoxy) is 3. The van der Waals surface area contributed by atoms with Gasteiger partial charge in [-0.15, -0.1) is 0 Å². The first-order valence-corrected chi connectivity index (χ1v) is 33.4. The van der Waals surface area contributed by atoms with Crippen molar-refractivity contribution in [1.82, 2.24) is 0 Å². The van der Waals surface area contributed by atoms with Crippen molar-refractivity contribution in [2.24, 2.45) is 0 Å². The lowest BCUT2D eigenvalue weighted by atomic mass is 10.0. The van der Waals surface area contributed by atoms with Crippen LogP contribution in [0.2, 0.25) is 0 Å². The van der Waals surface area contributed by atoms with Crippen LogP contribution in [0, 0.1) is 0 Å². The summed E-state index contributed by atoms with van der Waals surface area (Å²) in [6.07, 6.45) is 91.3. The third kappa shape index (κ3) is 64.8. The van der Waals surface area contributed by atoms with Crippen molar-refractivity contribution in [2.45, 2.75) is 322 Å². The Morgan fingerprint density at radius 1 is 0.266 bits per heavy atom. The van der Waals surface area contributed by atoms with Crippen LogP contribution >= 0.6 is 0 Å². The Morgan fingerprint density at radius 3 is 0.861 bits per heavy atom. The maximum absolute atomic E-state index is 12.9. The van der Waals surface area contributed by atoms with Crippen LogP contribution < -0.4 is 0 Å². The van der Waals surface area contributed by atoms with E-state index in [2.05, 4.69) is 130 Å². The summed E-state index contributed by atoms with van der Waals surface area (Å²) < 4.78 is 16.9. The number of hydrogen-bond acceptors (Lipinski definition) is 6. The Labute approximate surface area is 489 Å². The van der Waals surface area contributed by atoms with Gasteiger partial charge in [-0.1, -0.05) is 291 Å². The second kappa shape index (κ2) is 66.6. The minimum atomic E-state index is -0.815. The van der Waals surface area contributed by atoms with Crippen LogP contribution in [0.4, 0.5) is 0 Å². The third-order valence-corrected chi connectivity index (χ3v) is 14.2. The van der Waals surface area contributed by atoms with E-state index in [0.29, 0.717) is 19.3 Å². The van der Waals surface area contributed by atoms with Crippen LogP contribution in [-0.2, 0) is 28.6 Å². The van der Waals surface area contributed by atoms with Gasteiger partial charge in [0.2, 0.25) is 0 Å². The van der Waals surface area contributed by atoms with Crippen molar-refractivity contribution in [1.29, 1.82) is 0 Å². The van der Waals surface area contributed by atoms with E-state index < -0.39 is 6.10 Å². The smallest absolute Gasteiger partial charge is 0.306 e. The third-order valence-electron chi connectivity index (χ3n) is 14.2. The van der Waals surface area contributed by atoms with Gasteiger partial charge in [0.1, 0.15) is 13.2 Å². The maximum Gasteiger partial charge on any atom is 0.306 e. The van der Waals surface area contributed by atoms with Crippen molar-refractivity contribution in [2.75, 3.05) is 13.2 Å². The summed E-state index contributed by atoms with van der Waals surface area (Å²) in [5.74, 6) is -0.971. The fourth-order valence-electron chi connectivity index (χ4n) is 9.25. The van der Waals surface area contributed by atoms with E-state index >= 15 is 0 Å². The number of hydrogen-bond donors (Lipinski definition) is 0. The second-order valence-electron chi connectivity index (χ2n) is 22.0. The van der Waals surface area contributed by atoms with Gasteiger partial charge in [-0.25, -0.2) is 0 Å². The van der Waals surface area contributed by atoms with Gasteiger partial charge >= 0.3 is 17.9 Å². The van der Waals surface area contributed by atoms with Crippen molar-refractivity contribution in [3.8, 4) is 0 Å². The molecule has 6 heteroatoms. The van der Waals surface area contributed by atoms with Crippen LogP contribution in [0.3, 0.4) is 0 Å². The minimum Gasteiger partial charge on any atom is -0.462 e. The molecule has 79 heavy (non-hydrogen) atoms. The Balaban J connectivity index is 4.24. The van der Waals surface area contributed by atoms with E-state index in [9.17, 15) is 14.4 Å². The van der Waals surface area contributed by atoms with Gasteiger partial charge in [-0.3, -0.25) is 14.4 Å². The molecule has 0 aliphatic rings. The molecule has 0 fully saturated rings. The molecule has 0 aliphatic heterocycles. The molecule has 0 aromatic rings. The predicted molar refractivity (Wildman–Crippen MR) is 343 cm³/mol. The molecule has 0 saturated carbocycles. The first-order valence-electron chi connectivity index (χ1n) is 33.4. The number of esters is 3. The fraction of sp³-hybridized carbons (Fsp3) is 0.712. The molecule has 0 amide bonds. The molecular weight excluding hydrogens is 973 g/mol. The lowest BCUT2D eigenvalue weighted by Gasteiger charge is -2.18. The molecule has 0 aliphatic carbocycles. The highest BCUT2D eigenvalue weighted by Gasteiger charge is 2.19. The predicted octanol–water partition coefficient (Wildman–Crippen LogP) is 23.0. The van der Waals surface area contributed by atoms with Crippen molar-refractivity contribution >= 4 is 17.9 Å². The Hall–Kier alpha value is -3.93. The number of unbranched alkanes of at least 4 members (excludes halogenated alkanes) is 31. The zero-order valence-corrected chi connectivity index (χ0v) is 51.9. The van der Waals surface area contributed by atoms with E-state index in [1.807, 2.05) is 0 Å². The van der Waals surface area contributed by atoms with Gasteiger partial charge in [0.05, 0.1) is 0 Å². The van der Waals surface area contributed by atoms with Gasteiger partial charge in [0.15, 0.2) is 6.10 Å². The highest BCUT2D eigenvalue weighted by molar-refractivity contribution is 5.71. The van der Waals surface area contributed by atoms with E-state index in [1.165, 1.54) is 154 Å². The first kappa shape index (κ1) is 75.1. The molecular formula is C73H124O6. The van der Waals surface area contributed by atoms with Gasteiger partial charge < -0.3 is 14.2 Å². The normalized spacial score (nSPS) is 12.8. The zero-order chi connectivity index (χ0) is 57.1. The lowest BCUT2D eigenvalue weighted by molar-refractivity contribution is -0.167. The van der Waals surface area contributed by atoms with Gasteiger partial charge in [-0.2, -0.15) is 0 Å². The SMILES string of the molecule is CC/C=C\C/C=C\C/C=C\C/C=C\C/C=C\CCCC(=O)OC(COC(=O)CCCCCCC/C=C\C/C=C\CCC)COC(=O)CCCCCCCCCCCCCCCCCCCCC/C=C\C/C=C\CCCCCCC. The van der Waals surface area contributed by atoms with E-state index in [0.717, 1.165) is 116 Å². The molecule has 452 valence electrons. The van der Waals surface area contributed by atoms with Crippen LogP contribution in [0.15, 0.2) is 109 Å². The van der Waals surface area contributed by atoms with Crippen LogP contribution in [0.1, 0.15) is 316 Å². The summed E-state index contributed by atoms with van der Waals surface area (Å²) in [6, 6.07) is 0. The van der Waals surface area contributed by atoms with E-state index in [4.69, 9.17) is 14.2 Å². The van der Waals surface area contributed by atoms with Gasteiger partial charge in [0, 0.05) is 19.3 Å². The molecule has 0 aromatic carbocycles. The lowest BCUT2D eigenvalue weighted by Crippen LogP contribution is -2.30. The quantitative estimate of drug-likeness (QED) is 0.0261. The summed E-state index contributed by atoms with van der Waals surface area (Å²) in [7, 11) is 0. The number of rotatable bonds is 60. The molecule has 1 unspecified atom stereocenters. The van der Waals surface area contributed by atoms with Gasteiger partial charge in [-0.05, 0) is 116 Å². The highest BCUT2D eigenvalue weighted by Crippen LogP contribution is 2.17. The Kier molecular flexibility index (Phi) is 63.3. The van der Waals surface area contributed by atoms with Crippen LogP contribution in [-0.4, -0.2) is 37.2 Å². The maximum atomic E-state index is 12.9. The molecule has 0 bridgehead atoms. The van der Waals surface area contributed by atoms with Crippen molar-refractivity contribution in [3.05, 3.63) is 109 Å². The monoisotopic (exact) mass is 1100 g/mol.